The van der Waals surface area contributed by atoms with E-state index in [4.69, 9.17) is 0 Å². The van der Waals surface area contributed by atoms with Crippen molar-refractivity contribution in [1.82, 2.24) is 0 Å². The van der Waals surface area contributed by atoms with Gasteiger partial charge in [0.25, 0.3) is 0 Å². The van der Waals surface area contributed by atoms with E-state index in [0.29, 0.717) is 0 Å². The van der Waals surface area contributed by atoms with E-state index in [2.05, 4.69) is 0 Å². The van der Waals surface area contributed by atoms with Crippen LogP contribution in [0.15, 0.2) is 0 Å². The second kappa shape index (κ2) is 24.3. The number of aliphatic carboxylic acids is 4. The first kappa shape index (κ1) is 37.0. The van der Waals surface area contributed by atoms with Gasteiger partial charge in [0.1, 0.15) is 0 Å². The second-order valence-corrected chi connectivity index (χ2v) is 2.49. The van der Waals surface area contributed by atoms with Gasteiger partial charge in [-0.05, 0) is 25.7 Å². The van der Waals surface area contributed by atoms with Crippen LogP contribution in [0.3, 0.4) is 0 Å². The zero-order chi connectivity index (χ0) is 13.1. The van der Waals surface area contributed by atoms with E-state index in [1.54, 1.807) is 0 Å². The molecule has 0 radical (unpaired) electrons. The number of carboxylic acids is 4. The maximum atomic E-state index is 9.50. The zero-order valence-electron chi connectivity index (χ0n) is 12.1. The molecule has 0 fully saturated rings. The van der Waals surface area contributed by atoms with Gasteiger partial charge >= 0.3 is 75.4 Å². The third-order valence-corrected chi connectivity index (χ3v) is 1.07. The molecule has 0 saturated heterocycles. The molecule has 0 bridgehead atoms. The predicted molar refractivity (Wildman–Crippen MR) is 38.5 cm³/mol. The second-order valence-electron chi connectivity index (χ2n) is 2.49. The Balaban J connectivity index is -0.0000000408. The maximum absolute atomic E-state index is 9.50. The van der Waals surface area contributed by atoms with Crippen molar-refractivity contribution in [3.63, 3.8) is 0 Å². The number of rotatable bonds is 6. The summed E-state index contributed by atoms with van der Waals surface area (Å²) in [7, 11) is 0. The first-order chi connectivity index (χ1) is 7.25. The number of carboxylic acid groups (broad SMARTS) is 4. The van der Waals surface area contributed by atoms with Crippen molar-refractivity contribution in [3.8, 4) is 0 Å². The fourth-order valence-corrected chi connectivity index (χ4v) is 0.408. The molecule has 0 atom stereocenters. The summed E-state index contributed by atoms with van der Waals surface area (Å²) in [5.74, 6) is -5.47. The van der Waals surface area contributed by atoms with Crippen LogP contribution in [0.2, 0.25) is 0 Å². The van der Waals surface area contributed by atoms with E-state index in [-0.39, 0.29) is 75.4 Å². The molecule has 0 N–H and O–H groups in total. The van der Waals surface area contributed by atoms with Crippen LogP contribution in [0.1, 0.15) is 25.7 Å². The van der Waals surface area contributed by atoms with E-state index in [1.807, 2.05) is 0 Å². The van der Waals surface area contributed by atoms with Gasteiger partial charge in [-0.3, -0.25) is 0 Å². The molecule has 0 rings (SSSR count). The quantitative estimate of drug-likeness (QED) is 0.425. The van der Waals surface area contributed by atoms with Gasteiger partial charge in [-0.25, -0.2) is 0 Å². The van der Waals surface area contributed by atoms with Crippen molar-refractivity contribution < 1.29 is 115 Å². The molecular formula is C8H8Li4O8. The Hall–Kier alpha value is 0.270. The first-order valence-corrected chi connectivity index (χ1v) is 4.05. The normalized spacial score (nSPS) is 6.80. The van der Waals surface area contributed by atoms with E-state index < -0.39 is 49.6 Å². The molecule has 0 aromatic carbocycles. The molecule has 12 heteroatoms. The summed E-state index contributed by atoms with van der Waals surface area (Å²) in [4.78, 5) is 38.0. The Morgan fingerprint density at radius 2 is 0.550 bits per heavy atom. The molecule has 0 aliphatic heterocycles. The molecule has 0 spiro atoms. The monoisotopic (exact) mass is 260 g/mol. The largest absolute Gasteiger partial charge is 1.00 e. The zero-order valence-corrected chi connectivity index (χ0v) is 12.1. The molecule has 0 amide bonds. The Morgan fingerprint density at radius 3 is 0.600 bits per heavy atom. The van der Waals surface area contributed by atoms with Crippen LogP contribution in [0.25, 0.3) is 0 Å². The molecule has 0 unspecified atom stereocenters. The summed E-state index contributed by atoms with van der Waals surface area (Å²) in [6, 6.07) is 0. The van der Waals surface area contributed by atoms with Crippen LogP contribution in [-0.4, -0.2) is 23.9 Å². The Labute approximate surface area is 163 Å². The summed E-state index contributed by atoms with van der Waals surface area (Å²) in [6.45, 7) is 0. The molecule has 8 nitrogen and oxygen atoms in total. The van der Waals surface area contributed by atoms with Gasteiger partial charge in [0, 0.05) is 23.9 Å². The van der Waals surface area contributed by atoms with Crippen molar-refractivity contribution in [2.45, 2.75) is 25.7 Å². The molecule has 0 aliphatic rings. The van der Waals surface area contributed by atoms with Gasteiger partial charge < -0.3 is 39.6 Å². The molecule has 20 heavy (non-hydrogen) atoms. The van der Waals surface area contributed by atoms with Crippen molar-refractivity contribution >= 4 is 23.9 Å². The maximum Gasteiger partial charge on any atom is 1.00 e. The van der Waals surface area contributed by atoms with E-state index in [1.165, 1.54) is 0 Å². The number of hydrogen-bond donors (Lipinski definition) is 0. The van der Waals surface area contributed by atoms with Crippen LogP contribution in [-0.2, 0) is 19.2 Å². The number of carbonyl (C=O) groups excluding carboxylic acids is 4. The van der Waals surface area contributed by atoms with Gasteiger partial charge in [0.05, 0.1) is 0 Å². The summed E-state index contributed by atoms with van der Waals surface area (Å²) >= 11 is 0. The minimum atomic E-state index is -1.37. The molecule has 0 aliphatic carbocycles. The van der Waals surface area contributed by atoms with E-state index in [0.717, 1.165) is 0 Å². The summed E-state index contributed by atoms with van der Waals surface area (Å²) in [5, 5.41) is 38.0. The minimum absolute atomic E-state index is 0. The van der Waals surface area contributed by atoms with Gasteiger partial charge in [0.2, 0.25) is 0 Å². The molecule has 0 saturated carbocycles. The summed E-state index contributed by atoms with van der Waals surface area (Å²) in [6.07, 6.45) is -1.88. The third kappa shape index (κ3) is 51.7. The fourth-order valence-electron chi connectivity index (χ4n) is 0.408. The van der Waals surface area contributed by atoms with Crippen molar-refractivity contribution in [1.29, 1.82) is 0 Å². The van der Waals surface area contributed by atoms with Gasteiger partial charge in [0.15, 0.2) is 0 Å². The average Bonchev–Trinajstić information content (AvgIpc) is 2.12. The number of hydrogen-bond acceptors (Lipinski definition) is 8. The van der Waals surface area contributed by atoms with Crippen LogP contribution in [0.5, 0.6) is 0 Å². The molecule has 92 valence electrons. The fraction of sp³-hybridized carbons (Fsp3) is 0.500. The topological polar surface area (TPSA) is 161 Å². The minimum Gasteiger partial charge on any atom is -0.550 e. The van der Waals surface area contributed by atoms with Crippen molar-refractivity contribution in [2.24, 2.45) is 0 Å². The van der Waals surface area contributed by atoms with E-state index in [9.17, 15) is 39.6 Å². The first-order valence-electron chi connectivity index (χ1n) is 4.05. The van der Waals surface area contributed by atoms with Gasteiger partial charge in [-0.2, -0.15) is 0 Å². The molecule has 0 aromatic rings. The van der Waals surface area contributed by atoms with Crippen LogP contribution < -0.4 is 95.9 Å². The summed E-state index contributed by atoms with van der Waals surface area (Å²) in [5.41, 5.74) is 0. The molecule has 0 heterocycles. The SMILES string of the molecule is O=C([O-])CCC(=O)[O-].O=C([O-])CCC(=O)[O-].[Li+].[Li+].[Li+].[Li+]. The van der Waals surface area contributed by atoms with Crippen molar-refractivity contribution in [2.75, 3.05) is 0 Å². The standard InChI is InChI=1S/2C4H6O4.4Li/c2*5-3(6)1-2-4(7)8;;;;/h2*1-2H2,(H,5,6)(H,7,8);;;;/q;;4*+1/p-4. The van der Waals surface area contributed by atoms with Gasteiger partial charge in [-0.1, -0.05) is 0 Å². The Kier molecular flexibility index (Phi) is 44.9. The predicted octanol–water partition coefficient (Wildman–Crippen LogP) is -17.5. The average molecular weight is 260 g/mol. The summed E-state index contributed by atoms with van der Waals surface area (Å²) < 4.78 is 0. The number of carbonyl (C=O) groups is 4. The Bertz CT molecular complexity index is 228. The van der Waals surface area contributed by atoms with Crippen molar-refractivity contribution in [3.05, 3.63) is 0 Å². The molecular weight excluding hydrogens is 252 g/mol. The third-order valence-electron chi connectivity index (χ3n) is 1.07. The van der Waals surface area contributed by atoms with Crippen LogP contribution in [0, 0.1) is 0 Å². The van der Waals surface area contributed by atoms with E-state index >= 15 is 0 Å². The Morgan fingerprint density at radius 1 is 0.450 bits per heavy atom. The molecule has 0 aromatic heterocycles. The van der Waals surface area contributed by atoms with Crippen LogP contribution >= 0.6 is 0 Å². The van der Waals surface area contributed by atoms with Crippen LogP contribution in [0.4, 0.5) is 0 Å². The smallest absolute Gasteiger partial charge is 0.550 e. The van der Waals surface area contributed by atoms with Gasteiger partial charge in [-0.15, -0.1) is 0 Å².